The molecule has 0 aliphatic heterocycles. The van der Waals surface area contributed by atoms with E-state index in [9.17, 15) is 18.7 Å². The molecular formula is C3H13Cl2N3O10P2Pt. The van der Waals surface area contributed by atoms with Crippen molar-refractivity contribution >= 4 is 46.2 Å². The zero-order chi connectivity index (χ0) is 16.3. The van der Waals surface area contributed by atoms with Gasteiger partial charge in [0, 0.05) is 0 Å². The summed E-state index contributed by atoms with van der Waals surface area (Å²) in [7, 11) is 0.857. The predicted octanol–water partition coefficient (Wildman–Crippen LogP) is 1.41. The third-order valence-electron chi connectivity index (χ3n) is 0.583. The molecule has 0 heterocycles. The second-order valence-electron chi connectivity index (χ2n) is 2.22. The van der Waals surface area contributed by atoms with E-state index in [1.165, 1.54) is 0 Å². The molecule has 0 radical (unpaired) electrons. The van der Waals surface area contributed by atoms with Crippen LogP contribution < -0.4 is 5.09 Å². The molecule has 0 aromatic carbocycles. The van der Waals surface area contributed by atoms with Crippen molar-refractivity contribution in [3.8, 4) is 0 Å². The molecule has 1 amide bonds. The Morgan fingerprint density at radius 1 is 1.00 bits per heavy atom. The molecule has 0 aliphatic carbocycles. The molecule has 134 valence electrons. The number of carboxylic acids is 1. The van der Waals surface area contributed by atoms with Gasteiger partial charge < -0.3 is 42.1 Å². The van der Waals surface area contributed by atoms with E-state index in [0.717, 1.165) is 5.09 Å². The number of nitrogens with two attached hydrogens (primary N) is 2. The van der Waals surface area contributed by atoms with Gasteiger partial charge in [0.25, 0.3) is 0 Å². The van der Waals surface area contributed by atoms with Crippen molar-refractivity contribution in [3.05, 3.63) is 12.3 Å². The SMILES string of the molecule is O=C(O)CP(=O)(O)O.O=C(O)NP(=O)(O)O.[Cl][Pt+2][Cl].[NH2-].[NH2-]. The van der Waals surface area contributed by atoms with Gasteiger partial charge in [0.15, 0.2) is 0 Å². The smallest absolute Gasteiger partial charge is 0.693 e. The molecule has 0 spiro atoms. The minimum absolute atomic E-state index is 0. The van der Waals surface area contributed by atoms with Gasteiger partial charge in [-0.2, -0.15) is 0 Å². The minimum atomic E-state index is -4.57. The van der Waals surface area contributed by atoms with Gasteiger partial charge in [0.2, 0.25) is 0 Å². The molecule has 0 rings (SSSR count). The zero-order valence-electron chi connectivity index (χ0n) is 9.64. The van der Waals surface area contributed by atoms with Gasteiger partial charge in [-0.25, -0.2) is 14.4 Å². The van der Waals surface area contributed by atoms with Crippen molar-refractivity contribution in [2.24, 2.45) is 0 Å². The summed E-state index contributed by atoms with van der Waals surface area (Å²) >= 11 is -0.472. The topological polar surface area (TPSA) is 269 Å². The molecule has 18 heteroatoms. The van der Waals surface area contributed by atoms with Crippen molar-refractivity contribution < 1.29 is 65.0 Å². The summed E-state index contributed by atoms with van der Waals surface area (Å²) in [5, 5.41) is 16.4. The van der Waals surface area contributed by atoms with Crippen LogP contribution in [0.15, 0.2) is 0 Å². The second kappa shape index (κ2) is 16.6. The molecule has 0 saturated heterocycles. The van der Waals surface area contributed by atoms with Crippen LogP contribution in [0, 0.1) is 0 Å². The molecule has 13 nitrogen and oxygen atoms in total. The summed E-state index contributed by atoms with van der Waals surface area (Å²) in [4.78, 5) is 50.4. The molecule has 0 saturated carbocycles. The first-order valence-electron chi connectivity index (χ1n) is 3.40. The quantitative estimate of drug-likeness (QED) is 0.236. The first-order chi connectivity index (χ1) is 8.25. The van der Waals surface area contributed by atoms with Crippen molar-refractivity contribution in [3.63, 3.8) is 0 Å². The summed E-state index contributed by atoms with van der Waals surface area (Å²) in [6.45, 7) is 0. The Hall–Kier alpha value is 0.228. The van der Waals surface area contributed by atoms with E-state index in [2.05, 4.69) is 0 Å². The Kier molecular flexibility index (Phi) is 26.1. The van der Waals surface area contributed by atoms with Crippen LogP contribution in [-0.4, -0.2) is 48.0 Å². The molecule has 0 unspecified atom stereocenters. The number of amides is 1. The zero-order valence-corrected chi connectivity index (χ0v) is 15.2. The third kappa shape index (κ3) is 64.2. The number of hydrogen-bond donors (Lipinski definition) is 7. The number of nitrogens with one attached hydrogen (secondary N) is 1. The Bertz CT molecular complexity index is 339. The summed E-state index contributed by atoms with van der Waals surface area (Å²) in [5.41, 5.74) is 0. The number of carboxylic acid groups (broad SMARTS) is 2. The monoisotopic (exact) mass is 578 g/mol. The third-order valence-corrected chi connectivity index (χ3v) is 1.75. The van der Waals surface area contributed by atoms with Crippen LogP contribution in [0.1, 0.15) is 0 Å². The number of rotatable bonds is 3. The Morgan fingerprint density at radius 2 is 1.29 bits per heavy atom. The van der Waals surface area contributed by atoms with Crippen LogP contribution in [0.5, 0.6) is 0 Å². The van der Waals surface area contributed by atoms with Crippen LogP contribution in [0.3, 0.4) is 0 Å². The molecule has 0 bridgehead atoms. The van der Waals surface area contributed by atoms with Crippen LogP contribution in [0.25, 0.3) is 12.3 Å². The second-order valence-corrected chi connectivity index (χ2v) is 8.46. The first-order valence-corrected chi connectivity index (χ1v) is 12.4. The molecule has 0 aromatic heterocycles. The van der Waals surface area contributed by atoms with Gasteiger partial charge in [-0.3, -0.25) is 9.36 Å². The maximum Gasteiger partial charge on any atom is -0.693 e. The standard InChI is InChI=1S/C2H5O5P.CH4NO5P.2ClH.2H2N.Pt/c3-2(4)1-8(5,6)7;3-1(4)2-8(5,6)7;;;;;/h1H2,(H,3,4)(H2,5,6,7);(H,3,4)(H3,2,5,6,7);2*1H;2*1H2;/q;;;;2*-1;+4/p-2. The van der Waals surface area contributed by atoms with Crippen LogP contribution in [0.4, 0.5) is 4.79 Å². The van der Waals surface area contributed by atoms with Gasteiger partial charge in [-0.05, 0) is 0 Å². The van der Waals surface area contributed by atoms with E-state index < -0.39 is 50.0 Å². The molecule has 21 heavy (non-hydrogen) atoms. The molecule has 0 atom stereocenters. The van der Waals surface area contributed by atoms with E-state index >= 15 is 0 Å². The van der Waals surface area contributed by atoms with Gasteiger partial charge in [-0.15, -0.1) is 0 Å². The molecular weight excluding hydrogens is 566 g/mol. The fraction of sp³-hybridized carbons (Fsp3) is 0.333. The van der Waals surface area contributed by atoms with Crippen molar-refractivity contribution in [2.45, 2.75) is 0 Å². The minimum Gasteiger partial charge on any atom is -0.693 e. The predicted molar refractivity (Wildman–Crippen MR) is 70.0 cm³/mol. The van der Waals surface area contributed by atoms with Gasteiger partial charge in [-0.1, -0.05) is 0 Å². The summed E-state index contributed by atoms with van der Waals surface area (Å²) < 4.78 is 19.4. The largest absolute Gasteiger partial charge is 0.693 e. The van der Waals surface area contributed by atoms with Gasteiger partial charge in [0.05, 0.1) is 0 Å². The Balaban J connectivity index is -0.0000000634. The maximum atomic E-state index is 9.76. The van der Waals surface area contributed by atoms with E-state index in [0.29, 0.717) is 0 Å². The van der Waals surface area contributed by atoms with Crippen LogP contribution >= 0.6 is 34.2 Å². The average molecular weight is 579 g/mol. The molecule has 0 aromatic rings. The molecule has 11 N–H and O–H groups in total. The van der Waals surface area contributed by atoms with E-state index in [1.54, 1.807) is 0 Å². The summed E-state index contributed by atoms with van der Waals surface area (Å²) in [6.07, 6.45) is -2.83. The van der Waals surface area contributed by atoms with E-state index in [-0.39, 0.29) is 12.3 Å². The summed E-state index contributed by atoms with van der Waals surface area (Å²) in [6, 6.07) is 0. The Labute approximate surface area is 134 Å². The van der Waals surface area contributed by atoms with E-state index in [4.69, 9.17) is 48.6 Å². The molecule has 0 aliphatic rings. The Morgan fingerprint density at radius 3 is 1.29 bits per heavy atom. The summed E-state index contributed by atoms with van der Waals surface area (Å²) in [5.74, 6) is -1.49. The number of hydrogen-bond acceptors (Lipinski definition) is 4. The van der Waals surface area contributed by atoms with Crippen molar-refractivity contribution in [1.82, 2.24) is 5.09 Å². The van der Waals surface area contributed by atoms with Crippen LogP contribution in [0.2, 0.25) is 0 Å². The number of halogens is 2. The van der Waals surface area contributed by atoms with Gasteiger partial charge in [0.1, 0.15) is 6.16 Å². The molecule has 0 fully saturated rings. The number of aliphatic carboxylic acids is 1. The number of carbonyl (C=O) groups is 2. The average Bonchev–Trinajstić information content (AvgIpc) is 1.94. The fourth-order valence-corrected chi connectivity index (χ4v) is 0.902. The van der Waals surface area contributed by atoms with Gasteiger partial charge >= 0.3 is 62.7 Å². The normalized spacial score (nSPS) is 9.43. The van der Waals surface area contributed by atoms with E-state index in [1.807, 2.05) is 0 Å². The van der Waals surface area contributed by atoms with Crippen molar-refractivity contribution in [1.29, 1.82) is 0 Å². The van der Waals surface area contributed by atoms with Crippen LogP contribution in [-0.2, 0) is 30.4 Å². The first kappa shape index (κ1) is 33.0. The fourth-order valence-electron chi connectivity index (χ4n) is 0.301. The van der Waals surface area contributed by atoms with Crippen molar-refractivity contribution in [2.75, 3.05) is 6.16 Å². The maximum absolute atomic E-state index is 9.76.